The summed E-state index contributed by atoms with van der Waals surface area (Å²) in [4.78, 5) is 16.1. The number of rotatable bonds is 6. The number of anilines is 2. The molecule has 0 aliphatic carbocycles. The lowest BCUT2D eigenvalue weighted by Gasteiger charge is -2.13. The minimum Gasteiger partial charge on any atom is -0.378 e. The molecule has 8 nitrogen and oxygen atoms in total. The topological polar surface area (TPSA) is 80.9 Å². The summed E-state index contributed by atoms with van der Waals surface area (Å²) in [5, 5.41) is 15.6. The number of nitrogens with one attached hydrogen (secondary N) is 1. The number of hydrogen-bond acceptors (Lipinski definition) is 5. The van der Waals surface area contributed by atoms with E-state index in [4.69, 9.17) is 0 Å². The fraction of sp³-hybridized carbons (Fsp3) is 0.143. The van der Waals surface area contributed by atoms with E-state index >= 15 is 0 Å². The molecular formula is C21H21N7O. The number of amides is 1. The number of para-hydroxylation sites is 1. The Morgan fingerprint density at radius 3 is 2.48 bits per heavy atom. The Bertz CT molecular complexity index is 1100. The fourth-order valence-electron chi connectivity index (χ4n) is 2.87. The second-order valence-corrected chi connectivity index (χ2v) is 6.74. The van der Waals surface area contributed by atoms with Gasteiger partial charge in [0.05, 0.1) is 24.6 Å². The van der Waals surface area contributed by atoms with Gasteiger partial charge in [-0.25, -0.2) is 4.68 Å². The summed E-state index contributed by atoms with van der Waals surface area (Å²) in [5.74, 6) is 0.262. The van der Waals surface area contributed by atoms with Gasteiger partial charge in [0.25, 0.3) is 5.91 Å². The molecule has 0 saturated heterocycles. The monoisotopic (exact) mass is 387 g/mol. The normalized spacial score (nSPS) is 10.7. The van der Waals surface area contributed by atoms with Gasteiger partial charge in [0.15, 0.2) is 5.69 Å². The quantitative estimate of drug-likeness (QED) is 0.550. The molecule has 0 fully saturated rings. The number of carbonyl (C=O) groups is 1. The highest BCUT2D eigenvalue weighted by atomic mass is 16.2. The lowest BCUT2D eigenvalue weighted by atomic mass is 10.2. The molecule has 2 heterocycles. The smallest absolute Gasteiger partial charge is 0.279 e. The van der Waals surface area contributed by atoms with Gasteiger partial charge in [-0.2, -0.15) is 15.0 Å². The SMILES string of the molecule is CN(C)c1ccc(Cn2nccc2NC(=O)c2cnn(-c3ccccc3)n2)cc1. The minimum atomic E-state index is -0.336. The van der Waals surface area contributed by atoms with Crippen LogP contribution < -0.4 is 10.2 Å². The average molecular weight is 387 g/mol. The predicted octanol–water partition coefficient (Wildman–Crippen LogP) is 2.83. The van der Waals surface area contributed by atoms with Crippen LogP contribution in [0.15, 0.2) is 73.1 Å². The molecular weight excluding hydrogens is 366 g/mol. The number of nitrogens with zero attached hydrogens (tertiary/aromatic N) is 6. The van der Waals surface area contributed by atoms with Crippen molar-refractivity contribution in [3.63, 3.8) is 0 Å². The van der Waals surface area contributed by atoms with Gasteiger partial charge in [-0.1, -0.05) is 30.3 Å². The third kappa shape index (κ3) is 4.16. The Labute approximate surface area is 168 Å². The van der Waals surface area contributed by atoms with E-state index in [2.05, 4.69) is 32.7 Å². The maximum absolute atomic E-state index is 12.6. The van der Waals surface area contributed by atoms with E-state index in [1.807, 2.05) is 61.5 Å². The van der Waals surface area contributed by atoms with E-state index in [-0.39, 0.29) is 11.6 Å². The van der Waals surface area contributed by atoms with Crippen LogP contribution in [0, 0.1) is 0 Å². The van der Waals surface area contributed by atoms with Gasteiger partial charge < -0.3 is 10.2 Å². The van der Waals surface area contributed by atoms with Crippen LogP contribution in [-0.4, -0.2) is 44.8 Å². The third-order valence-corrected chi connectivity index (χ3v) is 4.45. The lowest BCUT2D eigenvalue weighted by Crippen LogP contribution is -2.17. The van der Waals surface area contributed by atoms with Crippen LogP contribution in [-0.2, 0) is 6.54 Å². The summed E-state index contributed by atoms with van der Waals surface area (Å²) in [7, 11) is 4.01. The lowest BCUT2D eigenvalue weighted by molar-refractivity contribution is 0.102. The maximum Gasteiger partial charge on any atom is 0.279 e. The molecule has 1 N–H and O–H groups in total. The molecule has 2 aromatic heterocycles. The van der Waals surface area contributed by atoms with Crippen LogP contribution in [0.25, 0.3) is 5.69 Å². The zero-order chi connectivity index (χ0) is 20.2. The van der Waals surface area contributed by atoms with Crippen molar-refractivity contribution in [1.82, 2.24) is 24.8 Å². The van der Waals surface area contributed by atoms with Crippen molar-refractivity contribution in [3.8, 4) is 5.69 Å². The first-order valence-corrected chi connectivity index (χ1v) is 9.17. The Hall–Kier alpha value is -3.94. The molecule has 4 rings (SSSR count). The molecule has 8 heteroatoms. The molecule has 1 amide bonds. The Morgan fingerprint density at radius 1 is 1.00 bits per heavy atom. The molecule has 4 aromatic rings. The summed E-state index contributed by atoms with van der Waals surface area (Å²) >= 11 is 0. The second kappa shape index (κ2) is 7.97. The van der Waals surface area contributed by atoms with E-state index < -0.39 is 0 Å². The predicted molar refractivity (Wildman–Crippen MR) is 111 cm³/mol. The Balaban J connectivity index is 1.46. The van der Waals surface area contributed by atoms with Crippen molar-refractivity contribution in [2.75, 3.05) is 24.3 Å². The van der Waals surface area contributed by atoms with E-state index in [9.17, 15) is 4.79 Å². The third-order valence-electron chi connectivity index (χ3n) is 4.45. The Kier molecular flexibility index (Phi) is 5.07. The Morgan fingerprint density at radius 2 is 1.76 bits per heavy atom. The highest BCUT2D eigenvalue weighted by Gasteiger charge is 2.14. The highest BCUT2D eigenvalue weighted by molar-refractivity contribution is 6.02. The molecule has 0 bridgehead atoms. The number of aromatic nitrogens is 5. The molecule has 0 spiro atoms. The molecule has 0 radical (unpaired) electrons. The van der Waals surface area contributed by atoms with Gasteiger partial charge in [0.1, 0.15) is 5.82 Å². The van der Waals surface area contributed by atoms with Crippen LogP contribution in [0.2, 0.25) is 0 Å². The molecule has 0 aliphatic rings. The van der Waals surface area contributed by atoms with E-state index in [1.54, 1.807) is 16.9 Å². The number of benzene rings is 2. The summed E-state index contributed by atoms with van der Waals surface area (Å²) in [6.45, 7) is 0.549. The van der Waals surface area contributed by atoms with Crippen molar-refractivity contribution in [2.45, 2.75) is 6.54 Å². The molecule has 29 heavy (non-hydrogen) atoms. The number of hydrogen-bond donors (Lipinski definition) is 1. The van der Waals surface area contributed by atoms with Gasteiger partial charge in [-0.3, -0.25) is 4.79 Å². The van der Waals surface area contributed by atoms with Gasteiger partial charge >= 0.3 is 0 Å². The van der Waals surface area contributed by atoms with Gasteiger partial charge in [-0.05, 0) is 29.8 Å². The molecule has 0 saturated carbocycles. The van der Waals surface area contributed by atoms with Crippen LogP contribution in [0.3, 0.4) is 0 Å². The zero-order valence-electron chi connectivity index (χ0n) is 16.2. The van der Waals surface area contributed by atoms with Crippen LogP contribution in [0.1, 0.15) is 16.1 Å². The zero-order valence-corrected chi connectivity index (χ0v) is 16.2. The van der Waals surface area contributed by atoms with Gasteiger partial charge in [0.2, 0.25) is 0 Å². The minimum absolute atomic E-state index is 0.233. The molecule has 0 atom stereocenters. The summed E-state index contributed by atoms with van der Waals surface area (Å²) in [6, 6.07) is 19.4. The van der Waals surface area contributed by atoms with E-state index in [0.29, 0.717) is 12.4 Å². The van der Waals surface area contributed by atoms with E-state index in [0.717, 1.165) is 16.9 Å². The van der Waals surface area contributed by atoms with Crippen LogP contribution >= 0.6 is 0 Å². The summed E-state index contributed by atoms with van der Waals surface area (Å²) < 4.78 is 1.74. The largest absolute Gasteiger partial charge is 0.378 e. The van der Waals surface area contributed by atoms with Crippen molar-refractivity contribution in [2.24, 2.45) is 0 Å². The summed E-state index contributed by atoms with van der Waals surface area (Å²) in [5.41, 5.74) is 3.24. The summed E-state index contributed by atoms with van der Waals surface area (Å²) in [6.07, 6.45) is 3.10. The molecule has 0 aliphatic heterocycles. The highest BCUT2D eigenvalue weighted by Crippen LogP contribution is 2.15. The van der Waals surface area contributed by atoms with Gasteiger partial charge in [0, 0.05) is 25.8 Å². The first-order valence-electron chi connectivity index (χ1n) is 9.17. The molecule has 146 valence electrons. The van der Waals surface area contributed by atoms with Crippen LogP contribution in [0.5, 0.6) is 0 Å². The fourth-order valence-corrected chi connectivity index (χ4v) is 2.87. The number of carbonyl (C=O) groups excluding carboxylic acids is 1. The average Bonchev–Trinajstić information content (AvgIpc) is 3.39. The molecule has 0 unspecified atom stereocenters. The van der Waals surface area contributed by atoms with Crippen LogP contribution in [0.4, 0.5) is 11.5 Å². The standard InChI is InChI=1S/C21H21N7O/c1-26(2)17-10-8-16(9-11-17)15-27-20(12-13-22-27)24-21(29)19-14-23-28(25-19)18-6-4-3-5-7-18/h3-14H,15H2,1-2H3,(H,24,29). The van der Waals surface area contributed by atoms with Crippen molar-refractivity contribution in [3.05, 3.63) is 84.3 Å². The van der Waals surface area contributed by atoms with Crippen molar-refractivity contribution < 1.29 is 4.79 Å². The molecule has 2 aromatic carbocycles. The first-order chi connectivity index (χ1) is 14.1. The second-order valence-electron chi connectivity index (χ2n) is 6.74. The van der Waals surface area contributed by atoms with Crippen molar-refractivity contribution in [1.29, 1.82) is 0 Å². The van der Waals surface area contributed by atoms with E-state index in [1.165, 1.54) is 11.0 Å². The van der Waals surface area contributed by atoms with Crippen molar-refractivity contribution >= 4 is 17.4 Å². The maximum atomic E-state index is 12.6. The van der Waals surface area contributed by atoms with Gasteiger partial charge in [-0.15, -0.1) is 5.10 Å². The first kappa shape index (κ1) is 18.4.